The molecule has 0 heterocycles. The molecule has 3 rings (SSSR count). The molecule has 2 aromatic rings. The van der Waals surface area contributed by atoms with Crippen molar-refractivity contribution in [3.05, 3.63) is 70.4 Å². The SMILES string of the molecule is CN(C)c1ccc(NC2=C(Cl)C(=O)c3ccccc3C2=O)cc1. The Kier molecular flexibility index (Phi) is 3.92. The summed E-state index contributed by atoms with van der Waals surface area (Å²) in [5.74, 6) is -0.615. The lowest BCUT2D eigenvalue weighted by Gasteiger charge is -2.19. The van der Waals surface area contributed by atoms with Gasteiger partial charge in [0.15, 0.2) is 0 Å². The van der Waals surface area contributed by atoms with Gasteiger partial charge in [-0.25, -0.2) is 0 Å². The van der Waals surface area contributed by atoms with Crippen molar-refractivity contribution in [2.45, 2.75) is 0 Å². The third-order valence-corrected chi connectivity index (χ3v) is 4.08. The van der Waals surface area contributed by atoms with Gasteiger partial charge in [0, 0.05) is 36.6 Å². The molecule has 1 N–H and O–H groups in total. The number of hydrogen-bond acceptors (Lipinski definition) is 4. The van der Waals surface area contributed by atoms with Crippen molar-refractivity contribution in [2.75, 3.05) is 24.3 Å². The van der Waals surface area contributed by atoms with Crippen molar-refractivity contribution in [2.24, 2.45) is 0 Å². The Hall–Kier alpha value is -2.59. The molecule has 0 saturated heterocycles. The molecule has 0 bridgehead atoms. The van der Waals surface area contributed by atoms with Gasteiger partial charge in [-0.2, -0.15) is 0 Å². The fraction of sp³-hybridized carbons (Fsp3) is 0.111. The van der Waals surface area contributed by atoms with Crippen LogP contribution < -0.4 is 10.2 Å². The standard InChI is InChI=1S/C18H15ClN2O2/c1-21(2)12-9-7-11(8-10-12)20-16-15(19)17(22)13-5-3-4-6-14(13)18(16)23/h3-10,20H,1-2H3. The van der Waals surface area contributed by atoms with Crippen LogP contribution in [0.25, 0.3) is 0 Å². The maximum atomic E-state index is 12.6. The number of carbonyl (C=O) groups is 2. The van der Waals surface area contributed by atoms with Crippen LogP contribution in [0.3, 0.4) is 0 Å². The van der Waals surface area contributed by atoms with E-state index in [0.717, 1.165) is 5.69 Å². The summed E-state index contributed by atoms with van der Waals surface area (Å²) in [5, 5.41) is 2.90. The number of fused-ring (bicyclic) bond motifs is 1. The number of carbonyl (C=O) groups excluding carboxylic acids is 2. The molecule has 0 unspecified atom stereocenters. The first-order valence-electron chi connectivity index (χ1n) is 7.11. The van der Waals surface area contributed by atoms with Gasteiger partial charge in [-0.1, -0.05) is 35.9 Å². The minimum absolute atomic E-state index is 0.0783. The van der Waals surface area contributed by atoms with Gasteiger partial charge in [0.05, 0.1) is 0 Å². The zero-order valence-electron chi connectivity index (χ0n) is 12.8. The van der Waals surface area contributed by atoms with Crippen LogP contribution >= 0.6 is 11.6 Å². The lowest BCUT2D eigenvalue weighted by molar-refractivity contribution is 0.0982. The quantitative estimate of drug-likeness (QED) is 0.934. The minimum atomic E-state index is -0.339. The van der Waals surface area contributed by atoms with E-state index in [-0.39, 0.29) is 22.3 Å². The average Bonchev–Trinajstić information content (AvgIpc) is 2.57. The lowest BCUT2D eigenvalue weighted by atomic mass is 9.92. The minimum Gasteiger partial charge on any atom is -0.378 e. The van der Waals surface area contributed by atoms with E-state index in [9.17, 15) is 9.59 Å². The number of allylic oxidation sites excluding steroid dienone is 2. The third kappa shape index (κ3) is 2.73. The van der Waals surface area contributed by atoms with E-state index in [1.807, 2.05) is 43.3 Å². The van der Waals surface area contributed by atoms with Gasteiger partial charge in [-0.05, 0) is 24.3 Å². The number of Topliss-reactive ketones (excluding diaryl/α,β-unsaturated/α-hetero) is 2. The van der Waals surface area contributed by atoms with Crippen LogP contribution in [-0.4, -0.2) is 25.7 Å². The van der Waals surface area contributed by atoms with E-state index in [0.29, 0.717) is 16.8 Å². The number of anilines is 2. The molecule has 0 fully saturated rings. The normalized spacial score (nSPS) is 13.9. The van der Waals surface area contributed by atoms with Crippen LogP contribution in [0.5, 0.6) is 0 Å². The molecule has 5 heteroatoms. The van der Waals surface area contributed by atoms with Crippen LogP contribution in [0, 0.1) is 0 Å². The zero-order chi connectivity index (χ0) is 16.6. The fourth-order valence-corrected chi connectivity index (χ4v) is 2.68. The Morgan fingerprint density at radius 2 is 1.43 bits per heavy atom. The Morgan fingerprint density at radius 1 is 0.870 bits per heavy atom. The molecule has 4 nitrogen and oxygen atoms in total. The smallest absolute Gasteiger partial charge is 0.211 e. The largest absolute Gasteiger partial charge is 0.378 e. The van der Waals surface area contributed by atoms with Crippen molar-refractivity contribution in [3.63, 3.8) is 0 Å². The number of halogens is 1. The molecule has 0 atom stereocenters. The summed E-state index contributed by atoms with van der Waals surface area (Å²) in [6.07, 6.45) is 0. The Morgan fingerprint density at radius 3 is 2.00 bits per heavy atom. The van der Waals surface area contributed by atoms with Gasteiger partial charge >= 0.3 is 0 Å². The first-order valence-corrected chi connectivity index (χ1v) is 7.49. The van der Waals surface area contributed by atoms with Gasteiger partial charge in [-0.3, -0.25) is 9.59 Å². The van der Waals surface area contributed by atoms with Crippen molar-refractivity contribution < 1.29 is 9.59 Å². The van der Waals surface area contributed by atoms with Gasteiger partial charge < -0.3 is 10.2 Å². The van der Waals surface area contributed by atoms with Crippen LogP contribution in [0.15, 0.2) is 59.3 Å². The van der Waals surface area contributed by atoms with Crippen molar-refractivity contribution in [1.29, 1.82) is 0 Å². The average molecular weight is 327 g/mol. The molecule has 1 aliphatic carbocycles. The van der Waals surface area contributed by atoms with Crippen LogP contribution in [0.2, 0.25) is 0 Å². The monoisotopic (exact) mass is 326 g/mol. The maximum Gasteiger partial charge on any atom is 0.211 e. The summed E-state index contributed by atoms with van der Waals surface area (Å²) in [5.41, 5.74) is 2.56. The Labute approximate surface area is 139 Å². The van der Waals surface area contributed by atoms with Crippen LogP contribution in [-0.2, 0) is 0 Å². The first-order chi connectivity index (χ1) is 11.0. The molecule has 0 saturated carbocycles. The molecule has 0 aliphatic heterocycles. The van der Waals surface area contributed by atoms with Gasteiger partial charge in [0.25, 0.3) is 0 Å². The van der Waals surface area contributed by atoms with Crippen LogP contribution in [0.1, 0.15) is 20.7 Å². The number of ketones is 2. The second-order valence-corrected chi connectivity index (χ2v) is 5.84. The van der Waals surface area contributed by atoms with Gasteiger partial charge in [-0.15, -0.1) is 0 Å². The molecule has 2 aromatic carbocycles. The van der Waals surface area contributed by atoms with E-state index in [1.54, 1.807) is 24.3 Å². The molecular weight excluding hydrogens is 312 g/mol. The highest BCUT2D eigenvalue weighted by molar-refractivity contribution is 6.50. The lowest BCUT2D eigenvalue weighted by Crippen LogP contribution is -2.24. The van der Waals surface area contributed by atoms with Crippen molar-refractivity contribution in [3.8, 4) is 0 Å². The number of rotatable bonds is 3. The Balaban J connectivity index is 1.95. The summed E-state index contributed by atoms with van der Waals surface area (Å²) in [7, 11) is 3.89. The summed E-state index contributed by atoms with van der Waals surface area (Å²) in [6.45, 7) is 0. The summed E-state index contributed by atoms with van der Waals surface area (Å²) < 4.78 is 0. The van der Waals surface area contributed by atoms with Crippen molar-refractivity contribution in [1.82, 2.24) is 0 Å². The van der Waals surface area contributed by atoms with Gasteiger partial charge in [0.1, 0.15) is 10.7 Å². The summed E-state index contributed by atoms with van der Waals surface area (Å²) in [6, 6.07) is 14.2. The van der Waals surface area contributed by atoms with E-state index in [1.165, 1.54) is 0 Å². The predicted octanol–water partition coefficient (Wildman–Crippen LogP) is 3.69. The molecule has 1 aliphatic rings. The molecule has 0 radical (unpaired) electrons. The van der Waals surface area contributed by atoms with Gasteiger partial charge in [0.2, 0.25) is 11.6 Å². The molecule has 0 aromatic heterocycles. The summed E-state index contributed by atoms with van der Waals surface area (Å²) in [4.78, 5) is 26.9. The van der Waals surface area contributed by atoms with Crippen LogP contribution in [0.4, 0.5) is 11.4 Å². The van der Waals surface area contributed by atoms with E-state index >= 15 is 0 Å². The zero-order valence-corrected chi connectivity index (χ0v) is 13.5. The summed E-state index contributed by atoms with van der Waals surface area (Å²) >= 11 is 6.13. The molecule has 116 valence electrons. The second kappa shape index (κ2) is 5.89. The highest BCUT2D eigenvalue weighted by atomic mass is 35.5. The topological polar surface area (TPSA) is 49.4 Å². The number of hydrogen-bond donors (Lipinski definition) is 1. The second-order valence-electron chi connectivity index (χ2n) is 5.46. The van der Waals surface area contributed by atoms with Crippen molar-refractivity contribution >= 4 is 34.5 Å². The molecule has 23 heavy (non-hydrogen) atoms. The molecule has 0 amide bonds. The van der Waals surface area contributed by atoms with E-state index in [2.05, 4.69) is 5.32 Å². The van der Waals surface area contributed by atoms with E-state index < -0.39 is 0 Å². The predicted molar refractivity (Wildman–Crippen MR) is 92.4 cm³/mol. The molecular formula is C18H15ClN2O2. The number of nitrogens with zero attached hydrogens (tertiary/aromatic N) is 1. The van der Waals surface area contributed by atoms with E-state index in [4.69, 9.17) is 11.6 Å². The number of benzene rings is 2. The molecule has 0 spiro atoms. The highest BCUT2D eigenvalue weighted by Crippen LogP contribution is 2.29. The highest BCUT2D eigenvalue weighted by Gasteiger charge is 2.31. The first kappa shape index (κ1) is 15.3. The Bertz CT molecular complexity index is 823. The maximum absolute atomic E-state index is 12.6. The number of nitrogens with one attached hydrogen (secondary N) is 1. The fourth-order valence-electron chi connectivity index (χ4n) is 2.44. The third-order valence-electron chi connectivity index (χ3n) is 3.72.